The normalized spacial score (nSPS) is 25.4. The number of aliphatic hydroxyl groups excluding tert-OH is 4. The van der Waals surface area contributed by atoms with Crippen LogP contribution in [0.15, 0.2) is 36.4 Å². The lowest BCUT2D eigenvalue weighted by molar-refractivity contribution is -0.298. The first kappa shape index (κ1) is 29.1. The lowest BCUT2D eigenvalue weighted by atomic mass is 9.88. The van der Waals surface area contributed by atoms with E-state index in [0.717, 1.165) is 11.1 Å². The second kappa shape index (κ2) is 13.4. The quantitative estimate of drug-likeness (QED) is 0.326. The first-order valence-corrected chi connectivity index (χ1v) is 12.2. The smallest absolute Gasteiger partial charge is 0.186 e. The van der Waals surface area contributed by atoms with E-state index in [1.54, 1.807) is 19.2 Å². The molecule has 2 aromatic rings. The molecular weight excluding hydrogens is 484 g/mol. The van der Waals surface area contributed by atoms with Crippen LogP contribution in [0.2, 0.25) is 0 Å². The molecule has 37 heavy (non-hydrogen) atoms. The van der Waals surface area contributed by atoms with Gasteiger partial charge in [-0.3, -0.25) is 0 Å². The molecule has 0 radical (unpaired) electrons. The van der Waals surface area contributed by atoms with Gasteiger partial charge in [0.1, 0.15) is 30.2 Å². The molecule has 0 spiro atoms. The number of hydrogen-bond donors (Lipinski definition) is 4. The van der Waals surface area contributed by atoms with E-state index in [9.17, 15) is 20.4 Å². The first-order chi connectivity index (χ1) is 17.8. The molecule has 0 bridgehead atoms. The second-order valence-corrected chi connectivity index (χ2v) is 8.88. The third-order valence-corrected chi connectivity index (χ3v) is 6.51. The van der Waals surface area contributed by atoms with Crippen LogP contribution in [0.3, 0.4) is 0 Å². The van der Waals surface area contributed by atoms with Gasteiger partial charge in [0.25, 0.3) is 0 Å². The van der Waals surface area contributed by atoms with Crippen LogP contribution in [0.25, 0.3) is 0 Å². The molecule has 7 atom stereocenters. The average molecular weight is 523 g/mol. The summed E-state index contributed by atoms with van der Waals surface area (Å²) in [5.74, 6) is 1.07. The van der Waals surface area contributed by atoms with E-state index in [0.29, 0.717) is 29.4 Å². The Labute approximate surface area is 217 Å². The highest BCUT2D eigenvalue weighted by molar-refractivity contribution is 5.46. The Morgan fingerprint density at radius 1 is 0.892 bits per heavy atom. The second-order valence-electron chi connectivity index (χ2n) is 8.88. The Balaban J connectivity index is 1.99. The fraction of sp³-hybridized carbons (Fsp3) is 0.556. The van der Waals surface area contributed by atoms with Gasteiger partial charge in [-0.25, -0.2) is 0 Å². The van der Waals surface area contributed by atoms with Gasteiger partial charge in [-0.2, -0.15) is 0 Å². The molecule has 0 aromatic heterocycles. The Morgan fingerprint density at radius 3 is 2.24 bits per heavy atom. The number of methoxy groups -OCH3 is 3. The summed E-state index contributed by atoms with van der Waals surface area (Å²) in [7, 11) is 4.43. The third kappa shape index (κ3) is 6.53. The summed E-state index contributed by atoms with van der Waals surface area (Å²) in [6.07, 6.45) is -7.20. The van der Waals surface area contributed by atoms with Crippen LogP contribution >= 0.6 is 0 Å². The Hall–Kier alpha value is -2.44. The highest BCUT2D eigenvalue weighted by atomic mass is 16.7. The number of hydrogen-bond acceptors (Lipinski definition) is 10. The third-order valence-electron chi connectivity index (χ3n) is 6.51. The minimum Gasteiger partial charge on any atom is -0.496 e. The standard InChI is InChI=1S/C27H38O10/c1-6-35-19-10-8-16(12-21(19)33-4)26(18(13-28)17-9-7-15(2)11-20(17)32-3)36-14-22-23(29)24(30)25(31)27(34-5)37-22/h7-12,18,22-31H,6,13-14H2,1-5H3/t18?,22-,23-,24+,25-,26?,27-/m1/s1. The van der Waals surface area contributed by atoms with Gasteiger partial charge in [0, 0.05) is 18.6 Å². The molecule has 206 valence electrons. The molecule has 3 rings (SSSR count). The summed E-state index contributed by atoms with van der Waals surface area (Å²) in [5, 5.41) is 41.4. The Kier molecular flexibility index (Phi) is 10.5. The van der Waals surface area contributed by atoms with Crippen LogP contribution in [0.4, 0.5) is 0 Å². The van der Waals surface area contributed by atoms with Gasteiger partial charge < -0.3 is 48.8 Å². The van der Waals surface area contributed by atoms with Crippen molar-refractivity contribution >= 4 is 0 Å². The van der Waals surface area contributed by atoms with E-state index >= 15 is 0 Å². The number of aliphatic hydroxyl groups is 4. The summed E-state index contributed by atoms with van der Waals surface area (Å²) < 4.78 is 33.8. The summed E-state index contributed by atoms with van der Waals surface area (Å²) in [5.41, 5.74) is 2.40. The van der Waals surface area contributed by atoms with E-state index in [1.807, 2.05) is 38.1 Å². The zero-order valence-corrected chi connectivity index (χ0v) is 21.9. The van der Waals surface area contributed by atoms with Crippen LogP contribution in [-0.4, -0.2) is 92.3 Å². The predicted octanol–water partition coefficient (Wildman–Crippen LogP) is 1.70. The fourth-order valence-electron chi connectivity index (χ4n) is 4.51. The van der Waals surface area contributed by atoms with Gasteiger partial charge in [-0.15, -0.1) is 0 Å². The van der Waals surface area contributed by atoms with Crippen LogP contribution in [0, 0.1) is 6.92 Å². The maximum absolute atomic E-state index is 10.5. The van der Waals surface area contributed by atoms with E-state index in [-0.39, 0.29) is 13.2 Å². The minimum absolute atomic E-state index is 0.171. The predicted molar refractivity (Wildman–Crippen MR) is 134 cm³/mol. The highest BCUT2D eigenvalue weighted by Crippen LogP contribution is 2.41. The van der Waals surface area contributed by atoms with Crippen molar-refractivity contribution in [2.45, 2.75) is 56.6 Å². The van der Waals surface area contributed by atoms with Crippen molar-refractivity contribution in [3.8, 4) is 17.2 Å². The molecule has 0 aliphatic carbocycles. The van der Waals surface area contributed by atoms with E-state index in [4.69, 9.17) is 28.4 Å². The van der Waals surface area contributed by atoms with Crippen molar-refractivity contribution in [3.63, 3.8) is 0 Å². The average Bonchev–Trinajstić information content (AvgIpc) is 2.91. The lowest BCUT2D eigenvalue weighted by Gasteiger charge is -2.40. The van der Waals surface area contributed by atoms with Crippen molar-refractivity contribution in [3.05, 3.63) is 53.1 Å². The summed E-state index contributed by atoms with van der Waals surface area (Å²) in [4.78, 5) is 0. The molecule has 2 unspecified atom stereocenters. The van der Waals surface area contributed by atoms with E-state index in [2.05, 4.69) is 0 Å². The van der Waals surface area contributed by atoms with E-state index < -0.39 is 42.7 Å². The molecular formula is C27H38O10. The monoisotopic (exact) mass is 522 g/mol. The molecule has 1 fully saturated rings. The fourth-order valence-corrected chi connectivity index (χ4v) is 4.51. The number of benzene rings is 2. The first-order valence-electron chi connectivity index (χ1n) is 12.2. The maximum atomic E-state index is 10.5. The molecule has 1 saturated heterocycles. The topological polar surface area (TPSA) is 136 Å². The van der Waals surface area contributed by atoms with Gasteiger partial charge in [-0.05, 0) is 43.2 Å². The van der Waals surface area contributed by atoms with E-state index in [1.165, 1.54) is 14.2 Å². The highest BCUT2D eigenvalue weighted by Gasteiger charge is 2.44. The van der Waals surface area contributed by atoms with Gasteiger partial charge in [0.2, 0.25) is 0 Å². The van der Waals surface area contributed by atoms with Gasteiger partial charge in [0.15, 0.2) is 17.8 Å². The Morgan fingerprint density at radius 2 is 1.62 bits per heavy atom. The largest absolute Gasteiger partial charge is 0.496 e. The zero-order chi connectivity index (χ0) is 27.1. The minimum atomic E-state index is -1.48. The number of ether oxygens (including phenoxy) is 6. The number of aryl methyl sites for hydroxylation is 1. The van der Waals surface area contributed by atoms with Crippen molar-refractivity contribution in [1.29, 1.82) is 0 Å². The van der Waals surface area contributed by atoms with Crippen LogP contribution in [0.1, 0.15) is 35.6 Å². The molecule has 1 aliphatic heterocycles. The van der Waals surface area contributed by atoms with Crippen LogP contribution < -0.4 is 14.2 Å². The lowest BCUT2D eigenvalue weighted by Crippen LogP contribution is -2.59. The molecule has 10 heteroatoms. The Bertz CT molecular complexity index is 997. The van der Waals surface area contributed by atoms with Crippen molar-refractivity contribution in [2.24, 2.45) is 0 Å². The van der Waals surface area contributed by atoms with Gasteiger partial charge in [0.05, 0.1) is 40.1 Å². The molecule has 2 aromatic carbocycles. The van der Waals surface area contributed by atoms with Crippen LogP contribution in [-0.2, 0) is 14.2 Å². The molecule has 1 aliphatic rings. The molecule has 0 amide bonds. The summed E-state index contributed by atoms with van der Waals surface area (Å²) >= 11 is 0. The van der Waals surface area contributed by atoms with Crippen molar-refractivity contribution < 1.29 is 48.8 Å². The molecule has 4 N–H and O–H groups in total. The van der Waals surface area contributed by atoms with Crippen LogP contribution in [0.5, 0.6) is 17.2 Å². The summed E-state index contributed by atoms with van der Waals surface area (Å²) in [6.45, 7) is 3.82. The molecule has 0 saturated carbocycles. The molecule has 1 heterocycles. The SMILES string of the molecule is CCOc1ccc(C(OC[C@H]2O[C@@H](OC)[C@H](O)[C@@H](O)[C@@H]2O)C(CO)c2ccc(C)cc2OC)cc1OC. The van der Waals surface area contributed by atoms with Crippen molar-refractivity contribution in [1.82, 2.24) is 0 Å². The molecule has 10 nitrogen and oxygen atoms in total. The summed E-state index contributed by atoms with van der Waals surface area (Å²) in [6, 6.07) is 11.0. The van der Waals surface area contributed by atoms with Gasteiger partial charge in [-0.1, -0.05) is 18.2 Å². The zero-order valence-electron chi connectivity index (χ0n) is 21.9. The van der Waals surface area contributed by atoms with Gasteiger partial charge >= 0.3 is 0 Å². The van der Waals surface area contributed by atoms with Crippen molar-refractivity contribution in [2.75, 3.05) is 41.2 Å². The number of rotatable bonds is 12. The maximum Gasteiger partial charge on any atom is 0.186 e.